The number of thiophene rings is 1. The minimum Gasteiger partial charge on any atom is -0.478 e. The lowest BCUT2D eigenvalue weighted by Gasteiger charge is -2.14. The second-order valence-electron chi connectivity index (χ2n) is 4.23. The summed E-state index contributed by atoms with van der Waals surface area (Å²) in [6, 6.07) is 7.64. The summed E-state index contributed by atoms with van der Waals surface area (Å²) < 4.78 is 0. The molecule has 0 fully saturated rings. The fraction of sp³-hybridized carbons (Fsp3) is 0.143. The summed E-state index contributed by atoms with van der Waals surface area (Å²) in [4.78, 5) is 22.9. The molecule has 0 saturated heterocycles. The van der Waals surface area contributed by atoms with E-state index in [-0.39, 0.29) is 17.3 Å². The van der Waals surface area contributed by atoms with Gasteiger partial charge in [-0.05, 0) is 41.4 Å². The highest BCUT2D eigenvalue weighted by molar-refractivity contribution is 7.07. The Morgan fingerprint density at radius 3 is 2.65 bits per heavy atom. The zero-order chi connectivity index (χ0) is 14.5. The maximum absolute atomic E-state index is 11.9. The molecule has 2 aromatic rings. The quantitative estimate of drug-likeness (QED) is 0.808. The lowest BCUT2D eigenvalue weighted by molar-refractivity contribution is 0.0698. The van der Waals surface area contributed by atoms with Crippen LogP contribution in [0.1, 0.15) is 28.9 Å². The fourth-order valence-electron chi connectivity index (χ4n) is 1.74. The Bertz CT molecular complexity index is 611. The van der Waals surface area contributed by atoms with Crippen LogP contribution in [0.3, 0.4) is 0 Å². The van der Waals surface area contributed by atoms with Crippen LogP contribution < -0.4 is 10.6 Å². The Labute approximate surface area is 120 Å². The van der Waals surface area contributed by atoms with E-state index < -0.39 is 12.0 Å². The number of hydrogen-bond acceptors (Lipinski definition) is 3. The van der Waals surface area contributed by atoms with Crippen molar-refractivity contribution in [3.8, 4) is 0 Å². The number of aromatic carboxylic acids is 1. The van der Waals surface area contributed by atoms with E-state index in [1.165, 1.54) is 6.07 Å². The molecule has 1 aromatic carbocycles. The van der Waals surface area contributed by atoms with Gasteiger partial charge < -0.3 is 15.7 Å². The normalized spacial score (nSPS) is 11.7. The van der Waals surface area contributed by atoms with Crippen molar-refractivity contribution < 1.29 is 14.7 Å². The van der Waals surface area contributed by atoms with Crippen molar-refractivity contribution in [1.29, 1.82) is 0 Å². The molecule has 3 N–H and O–H groups in total. The topological polar surface area (TPSA) is 78.4 Å². The van der Waals surface area contributed by atoms with Crippen molar-refractivity contribution in [2.24, 2.45) is 0 Å². The monoisotopic (exact) mass is 290 g/mol. The van der Waals surface area contributed by atoms with Crippen LogP contribution in [0.4, 0.5) is 10.5 Å². The molecule has 0 saturated carbocycles. The summed E-state index contributed by atoms with van der Waals surface area (Å²) in [5.74, 6) is -1.08. The van der Waals surface area contributed by atoms with Gasteiger partial charge in [0.05, 0.1) is 17.3 Å². The van der Waals surface area contributed by atoms with Crippen LogP contribution in [0.25, 0.3) is 0 Å². The molecule has 1 atom stereocenters. The highest BCUT2D eigenvalue weighted by atomic mass is 32.1. The third kappa shape index (κ3) is 3.36. The Kier molecular flexibility index (Phi) is 4.37. The van der Waals surface area contributed by atoms with Crippen LogP contribution in [0.5, 0.6) is 0 Å². The molecule has 0 aliphatic rings. The maximum Gasteiger partial charge on any atom is 0.337 e. The number of anilines is 1. The lowest BCUT2D eigenvalue weighted by atomic mass is 10.2. The minimum atomic E-state index is -1.08. The molecule has 5 nitrogen and oxygen atoms in total. The maximum atomic E-state index is 11.9. The molecule has 104 valence electrons. The molecule has 0 spiro atoms. The van der Waals surface area contributed by atoms with Crippen molar-refractivity contribution in [2.45, 2.75) is 13.0 Å². The molecule has 6 heteroatoms. The number of carbonyl (C=O) groups is 2. The number of nitrogens with one attached hydrogen (secondary N) is 2. The van der Waals surface area contributed by atoms with E-state index in [1.807, 2.05) is 23.8 Å². The van der Waals surface area contributed by atoms with Crippen molar-refractivity contribution in [3.63, 3.8) is 0 Å². The summed E-state index contributed by atoms with van der Waals surface area (Å²) in [5.41, 5.74) is 1.34. The summed E-state index contributed by atoms with van der Waals surface area (Å²) in [6.07, 6.45) is 0. The number of carbonyl (C=O) groups excluding carboxylic acids is 1. The number of carboxylic acid groups (broad SMARTS) is 1. The predicted octanol–water partition coefficient (Wildman–Crippen LogP) is 3.33. The van der Waals surface area contributed by atoms with E-state index in [0.717, 1.165) is 5.56 Å². The van der Waals surface area contributed by atoms with E-state index >= 15 is 0 Å². The summed E-state index contributed by atoms with van der Waals surface area (Å²) in [6.45, 7) is 1.87. The van der Waals surface area contributed by atoms with E-state index in [0.29, 0.717) is 0 Å². The van der Waals surface area contributed by atoms with Gasteiger partial charge >= 0.3 is 12.0 Å². The first kappa shape index (κ1) is 14.1. The van der Waals surface area contributed by atoms with Crippen LogP contribution in [0.15, 0.2) is 41.1 Å². The molecule has 0 aliphatic carbocycles. The fourth-order valence-corrected chi connectivity index (χ4v) is 2.49. The first-order valence-corrected chi connectivity index (χ1v) is 6.94. The van der Waals surface area contributed by atoms with Crippen LogP contribution in [0, 0.1) is 0 Å². The van der Waals surface area contributed by atoms with Crippen molar-refractivity contribution in [2.75, 3.05) is 5.32 Å². The van der Waals surface area contributed by atoms with Gasteiger partial charge in [-0.3, -0.25) is 0 Å². The number of para-hydroxylation sites is 1. The minimum absolute atomic E-state index is 0.0610. The molecule has 0 bridgehead atoms. The van der Waals surface area contributed by atoms with Crippen molar-refractivity contribution >= 4 is 29.0 Å². The number of benzene rings is 1. The summed E-state index contributed by atoms with van der Waals surface area (Å²) in [5, 5.41) is 18.2. The first-order valence-electron chi connectivity index (χ1n) is 6.00. The van der Waals surface area contributed by atoms with Gasteiger partial charge in [0.15, 0.2) is 0 Å². The number of carboxylic acids is 1. The average Bonchev–Trinajstić information content (AvgIpc) is 2.92. The number of urea groups is 1. The van der Waals surface area contributed by atoms with Gasteiger partial charge in [-0.15, -0.1) is 0 Å². The average molecular weight is 290 g/mol. The molecule has 0 aliphatic heterocycles. The zero-order valence-corrected chi connectivity index (χ0v) is 11.6. The van der Waals surface area contributed by atoms with Gasteiger partial charge in [0.25, 0.3) is 0 Å². The van der Waals surface area contributed by atoms with Crippen molar-refractivity contribution in [1.82, 2.24) is 5.32 Å². The molecule has 1 aromatic heterocycles. The summed E-state index contributed by atoms with van der Waals surface area (Å²) >= 11 is 1.56. The van der Waals surface area contributed by atoms with Crippen LogP contribution in [-0.2, 0) is 0 Å². The van der Waals surface area contributed by atoms with E-state index in [4.69, 9.17) is 5.11 Å². The summed E-state index contributed by atoms with van der Waals surface area (Å²) in [7, 11) is 0. The van der Waals surface area contributed by atoms with Gasteiger partial charge in [-0.1, -0.05) is 12.1 Å². The number of hydrogen-bond donors (Lipinski definition) is 3. The number of rotatable bonds is 4. The van der Waals surface area contributed by atoms with Crippen LogP contribution >= 0.6 is 11.3 Å². The van der Waals surface area contributed by atoms with Gasteiger partial charge in [0, 0.05) is 0 Å². The number of amides is 2. The SMILES string of the molecule is CC(NC(=O)Nc1ccccc1C(=O)O)c1ccsc1. The Hall–Kier alpha value is -2.34. The first-order chi connectivity index (χ1) is 9.58. The third-order valence-electron chi connectivity index (χ3n) is 2.80. The van der Waals surface area contributed by atoms with Gasteiger partial charge in [0.2, 0.25) is 0 Å². The van der Waals surface area contributed by atoms with E-state index in [1.54, 1.807) is 29.5 Å². The van der Waals surface area contributed by atoms with Crippen molar-refractivity contribution in [3.05, 3.63) is 52.2 Å². The lowest BCUT2D eigenvalue weighted by Crippen LogP contribution is -2.31. The van der Waals surface area contributed by atoms with Gasteiger partial charge in [-0.25, -0.2) is 9.59 Å². The largest absolute Gasteiger partial charge is 0.478 e. The second-order valence-corrected chi connectivity index (χ2v) is 5.01. The van der Waals surface area contributed by atoms with Gasteiger partial charge in [0.1, 0.15) is 0 Å². The predicted molar refractivity (Wildman–Crippen MR) is 78.3 cm³/mol. The molecule has 2 rings (SSSR count). The molecule has 1 unspecified atom stereocenters. The second kappa shape index (κ2) is 6.21. The van der Waals surface area contributed by atoms with Crippen LogP contribution in [0.2, 0.25) is 0 Å². The highest BCUT2D eigenvalue weighted by Gasteiger charge is 2.13. The smallest absolute Gasteiger partial charge is 0.337 e. The molecule has 1 heterocycles. The Morgan fingerprint density at radius 1 is 1.25 bits per heavy atom. The Balaban J connectivity index is 2.03. The molecular formula is C14H14N2O3S. The van der Waals surface area contributed by atoms with Gasteiger partial charge in [-0.2, -0.15) is 11.3 Å². The molecule has 20 heavy (non-hydrogen) atoms. The molecule has 0 radical (unpaired) electrons. The molecular weight excluding hydrogens is 276 g/mol. The standard InChI is InChI=1S/C14H14N2O3S/c1-9(10-6-7-20-8-10)15-14(19)16-12-5-3-2-4-11(12)13(17)18/h2-9H,1H3,(H,17,18)(H2,15,16,19). The highest BCUT2D eigenvalue weighted by Crippen LogP contribution is 2.17. The van der Waals surface area contributed by atoms with E-state index in [9.17, 15) is 9.59 Å². The Morgan fingerprint density at radius 2 is 2.00 bits per heavy atom. The van der Waals surface area contributed by atoms with Crippen LogP contribution in [-0.4, -0.2) is 17.1 Å². The van der Waals surface area contributed by atoms with E-state index in [2.05, 4.69) is 10.6 Å². The third-order valence-corrected chi connectivity index (χ3v) is 3.50. The molecule has 2 amide bonds. The zero-order valence-electron chi connectivity index (χ0n) is 10.8.